The Kier molecular flexibility index (Phi) is 5.54. The van der Waals surface area contributed by atoms with Crippen molar-refractivity contribution in [2.45, 2.75) is 19.5 Å². The third kappa shape index (κ3) is 5.61. The molecule has 3 N–H and O–H groups in total. The molecule has 0 atom stereocenters. The predicted molar refractivity (Wildman–Crippen MR) is 98.2 cm³/mol. The van der Waals surface area contributed by atoms with Crippen molar-refractivity contribution in [1.82, 2.24) is 14.7 Å². The molecule has 3 rings (SSSR count). The standard InChI is InChI=1S/C17H15BrF3N5O/c18-12-3-6-15-25-13(10-26(15)9-12)8-24-16(22)23-7-11-1-4-14(5-2-11)27-17(19,20)21/h1-6,9-10H,7-8H2,(H3,22,23,24). The first-order valence-electron chi connectivity index (χ1n) is 7.80. The number of nitrogens with one attached hydrogen (secondary N) is 1. The van der Waals surface area contributed by atoms with Gasteiger partial charge in [-0.05, 0) is 45.8 Å². The van der Waals surface area contributed by atoms with Crippen LogP contribution in [0, 0.1) is 0 Å². The number of fused-ring (bicyclic) bond motifs is 1. The van der Waals surface area contributed by atoms with E-state index in [0.29, 0.717) is 12.1 Å². The van der Waals surface area contributed by atoms with Gasteiger partial charge in [0.25, 0.3) is 0 Å². The molecule has 3 aromatic rings. The number of alkyl halides is 3. The van der Waals surface area contributed by atoms with E-state index in [9.17, 15) is 13.2 Å². The first kappa shape index (κ1) is 19.0. The quantitative estimate of drug-likeness (QED) is 0.468. The molecule has 2 heterocycles. The molecule has 6 nitrogen and oxygen atoms in total. The van der Waals surface area contributed by atoms with Gasteiger partial charge in [0.1, 0.15) is 11.4 Å². The topological polar surface area (TPSA) is 76.9 Å². The molecular weight excluding hydrogens is 427 g/mol. The molecule has 0 radical (unpaired) electrons. The Morgan fingerprint density at radius 1 is 1.19 bits per heavy atom. The number of pyridine rings is 1. The number of ether oxygens (including phenoxy) is 1. The second kappa shape index (κ2) is 7.87. The average molecular weight is 442 g/mol. The van der Waals surface area contributed by atoms with Gasteiger partial charge in [0.05, 0.1) is 18.8 Å². The molecule has 2 aromatic heterocycles. The molecule has 0 bridgehead atoms. The van der Waals surface area contributed by atoms with E-state index in [1.54, 1.807) is 0 Å². The fraction of sp³-hybridized carbons (Fsp3) is 0.176. The largest absolute Gasteiger partial charge is 0.573 e. The third-order valence-corrected chi connectivity index (χ3v) is 3.97. The van der Waals surface area contributed by atoms with E-state index < -0.39 is 6.36 Å². The van der Waals surface area contributed by atoms with Crippen molar-refractivity contribution < 1.29 is 17.9 Å². The molecule has 0 aliphatic rings. The lowest BCUT2D eigenvalue weighted by atomic mass is 10.2. The number of halogens is 4. The second-order valence-corrected chi connectivity index (χ2v) is 6.51. The Balaban J connectivity index is 1.54. The number of aromatic nitrogens is 2. The van der Waals surface area contributed by atoms with Crippen LogP contribution in [-0.2, 0) is 13.1 Å². The first-order valence-corrected chi connectivity index (χ1v) is 8.59. The second-order valence-electron chi connectivity index (χ2n) is 5.59. The van der Waals surface area contributed by atoms with Crippen LogP contribution in [0.4, 0.5) is 13.2 Å². The van der Waals surface area contributed by atoms with Gasteiger partial charge in [0.2, 0.25) is 0 Å². The van der Waals surface area contributed by atoms with E-state index in [0.717, 1.165) is 15.8 Å². The lowest BCUT2D eigenvalue weighted by molar-refractivity contribution is -0.274. The van der Waals surface area contributed by atoms with Gasteiger partial charge in [-0.15, -0.1) is 13.2 Å². The van der Waals surface area contributed by atoms with Crippen LogP contribution in [-0.4, -0.2) is 21.7 Å². The lowest BCUT2D eigenvalue weighted by Gasteiger charge is -2.09. The van der Waals surface area contributed by atoms with Crippen LogP contribution < -0.4 is 15.8 Å². The van der Waals surface area contributed by atoms with Crippen LogP contribution in [0.25, 0.3) is 5.65 Å². The molecule has 0 aliphatic heterocycles. The molecule has 10 heteroatoms. The van der Waals surface area contributed by atoms with Gasteiger partial charge >= 0.3 is 6.36 Å². The third-order valence-electron chi connectivity index (χ3n) is 3.50. The maximum atomic E-state index is 12.1. The van der Waals surface area contributed by atoms with Gasteiger partial charge in [-0.3, -0.25) is 0 Å². The van der Waals surface area contributed by atoms with Crippen LogP contribution in [0.3, 0.4) is 0 Å². The smallest absolute Gasteiger partial charge is 0.406 e. The summed E-state index contributed by atoms with van der Waals surface area (Å²) < 4.78 is 43.0. The predicted octanol–water partition coefficient (Wildman–Crippen LogP) is 3.60. The number of nitrogens with zero attached hydrogens (tertiary/aromatic N) is 3. The SMILES string of the molecule is NC(=NCc1ccc(OC(F)(F)F)cc1)NCc1cn2cc(Br)ccc2n1. The number of imidazole rings is 1. The van der Waals surface area contributed by atoms with E-state index in [2.05, 4.69) is 36.0 Å². The number of hydrogen-bond acceptors (Lipinski definition) is 3. The fourth-order valence-corrected chi connectivity index (χ4v) is 2.67. The molecule has 0 aliphatic carbocycles. The Morgan fingerprint density at radius 2 is 1.93 bits per heavy atom. The van der Waals surface area contributed by atoms with Gasteiger partial charge in [-0.1, -0.05) is 12.1 Å². The number of aliphatic imine (C=N–C) groups is 1. The van der Waals surface area contributed by atoms with Crippen molar-refractivity contribution in [3.8, 4) is 5.75 Å². The normalized spacial score (nSPS) is 12.4. The van der Waals surface area contributed by atoms with Crippen LogP contribution in [0.15, 0.2) is 58.3 Å². The van der Waals surface area contributed by atoms with E-state index in [4.69, 9.17) is 5.73 Å². The molecule has 0 spiro atoms. The number of rotatable bonds is 5. The molecular formula is C17H15BrF3N5O. The van der Waals surface area contributed by atoms with Crippen molar-refractivity contribution in [3.05, 3.63) is 64.5 Å². The number of benzene rings is 1. The highest BCUT2D eigenvalue weighted by atomic mass is 79.9. The monoisotopic (exact) mass is 441 g/mol. The van der Waals surface area contributed by atoms with Crippen molar-refractivity contribution in [2.24, 2.45) is 10.7 Å². The van der Waals surface area contributed by atoms with Crippen LogP contribution in [0.5, 0.6) is 5.75 Å². The number of guanidine groups is 1. The average Bonchev–Trinajstić information content (AvgIpc) is 3.00. The highest BCUT2D eigenvalue weighted by Crippen LogP contribution is 2.22. The van der Waals surface area contributed by atoms with Gasteiger partial charge in [0, 0.05) is 16.9 Å². The molecule has 0 amide bonds. The summed E-state index contributed by atoms with van der Waals surface area (Å²) in [6.45, 7) is 0.621. The van der Waals surface area contributed by atoms with E-state index in [-0.39, 0.29) is 18.3 Å². The van der Waals surface area contributed by atoms with Gasteiger partial charge in [-0.2, -0.15) is 0 Å². The first-order chi connectivity index (χ1) is 12.8. The highest BCUT2D eigenvalue weighted by Gasteiger charge is 2.30. The zero-order chi connectivity index (χ0) is 19.4. The molecule has 1 aromatic carbocycles. The summed E-state index contributed by atoms with van der Waals surface area (Å²) in [6, 6.07) is 9.25. The fourth-order valence-electron chi connectivity index (χ4n) is 2.31. The van der Waals surface area contributed by atoms with Crippen LogP contribution in [0.2, 0.25) is 0 Å². The summed E-state index contributed by atoms with van der Waals surface area (Å²) in [5.41, 5.74) is 8.13. The summed E-state index contributed by atoms with van der Waals surface area (Å²) in [6.07, 6.45) is -0.933. The Morgan fingerprint density at radius 3 is 2.63 bits per heavy atom. The van der Waals surface area contributed by atoms with Crippen molar-refractivity contribution in [3.63, 3.8) is 0 Å². The highest BCUT2D eigenvalue weighted by molar-refractivity contribution is 9.10. The Labute approximate surface area is 161 Å². The molecule has 0 fully saturated rings. The molecule has 142 valence electrons. The summed E-state index contributed by atoms with van der Waals surface area (Å²) in [7, 11) is 0. The molecule has 0 unspecified atom stereocenters. The minimum Gasteiger partial charge on any atom is -0.406 e. The zero-order valence-corrected chi connectivity index (χ0v) is 15.5. The zero-order valence-electron chi connectivity index (χ0n) is 13.9. The van der Waals surface area contributed by atoms with E-state index in [1.165, 1.54) is 24.3 Å². The van der Waals surface area contributed by atoms with Crippen molar-refractivity contribution in [2.75, 3.05) is 0 Å². The summed E-state index contributed by atoms with van der Waals surface area (Å²) in [5.74, 6) is -0.0660. The number of hydrogen-bond donors (Lipinski definition) is 2. The van der Waals surface area contributed by atoms with Gasteiger partial charge in [-0.25, -0.2) is 9.98 Å². The minimum atomic E-state index is -4.71. The van der Waals surface area contributed by atoms with Gasteiger partial charge < -0.3 is 20.2 Å². The molecule has 0 saturated heterocycles. The molecule has 27 heavy (non-hydrogen) atoms. The van der Waals surface area contributed by atoms with Crippen LogP contribution in [0.1, 0.15) is 11.3 Å². The summed E-state index contributed by atoms with van der Waals surface area (Å²) >= 11 is 3.40. The van der Waals surface area contributed by atoms with Crippen molar-refractivity contribution in [1.29, 1.82) is 0 Å². The minimum absolute atomic E-state index is 0.212. The Bertz CT molecular complexity index is 953. The maximum Gasteiger partial charge on any atom is 0.573 e. The van der Waals surface area contributed by atoms with E-state index >= 15 is 0 Å². The molecule has 0 saturated carbocycles. The maximum absolute atomic E-state index is 12.1. The van der Waals surface area contributed by atoms with Crippen LogP contribution >= 0.6 is 15.9 Å². The van der Waals surface area contributed by atoms with E-state index in [1.807, 2.05) is 28.9 Å². The lowest BCUT2D eigenvalue weighted by Crippen LogP contribution is -2.31. The van der Waals surface area contributed by atoms with Gasteiger partial charge in [0.15, 0.2) is 5.96 Å². The number of nitrogens with two attached hydrogens (primary N) is 1. The summed E-state index contributed by atoms with van der Waals surface area (Å²) in [4.78, 5) is 8.61. The van der Waals surface area contributed by atoms with Crippen molar-refractivity contribution >= 4 is 27.5 Å². The summed E-state index contributed by atoms with van der Waals surface area (Å²) in [5, 5.41) is 2.95. The Hall–Kier alpha value is -2.75.